The SMILES string of the molecule is CSC1CCCC(NC(=NCc2nnc(C)n2C)NC2CC2)C1. The van der Waals surface area contributed by atoms with Crippen LogP contribution in [0.4, 0.5) is 0 Å². The molecule has 2 atom stereocenters. The topological polar surface area (TPSA) is 67.1 Å². The van der Waals surface area contributed by atoms with Crippen LogP contribution in [0.15, 0.2) is 4.99 Å². The van der Waals surface area contributed by atoms with Gasteiger partial charge in [-0.15, -0.1) is 10.2 Å². The number of aromatic nitrogens is 3. The van der Waals surface area contributed by atoms with Crippen LogP contribution in [0.5, 0.6) is 0 Å². The van der Waals surface area contributed by atoms with E-state index in [0.717, 1.165) is 22.9 Å². The van der Waals surface area contributed by atoms with Gasteiger partial charge in [-0.25, -0.2) is 4.99 Å². The minimum atomic E-state index is 0.535. The molecule has 0 saturated heterocycles. The molecule has 2 fully saturated rings. The lowest BCUT2D eigenvalue weighted by molar-refractivity contribution is 0.418. The summed E-state index contributed by atoms with van der Waals surface area (Å²) in [4.78, 5) is 4.76. The minimum absolute atomic E-state index is 0.535. The second kappa shape index (κ2) is 7.55. The van der Waals surface area contributed by atoms with Gasteiger partial charge in [-0.1, -0.05) is 6.42 Å². The van der Waals surface area contributed by atoms with Crippen molar-refractivity contribution < 1.29 is 0 Å². The average molecular weight is 337 g/mol. The summed E-state index contributed by atoms with van der Waals surface area (Å²) in [5.74, 6) is 2.78. The number of nitrogens with zero attached hydrogens (tertiary/aromatic N) is 4. The van der Waals surface area contributed by atoms with Crippen molar-refractivity contribution in [2.24, 2.45) is 12.0 Å². The van der Waals surface area contributed by atoms with E-state index in [2.05, 4.69) is 27.1 Å². The van der Waals surface area contributed by atoms with E-state index in [1.165, 1.54) is 38.5 Å². The third-order valence-corrected chi connectivity index (χ3v) is 5.87. The molecule has 0 spiro atoms. The Morgan fingerprint density at radius 2 is 2.00 bits per heavy atom. The molecule has 0 aromatic carbocycles. The van der Waals surface area contributed by atoms with Crippen molar-refractivity contribution in [1.29, 1.82) is 0 Å². The third kappa shape index (κ3) is 4.62. The normalized spacial score (nSPS) is 25.4. The van der Waals surface area contributed by atoms with Crippen molar-refractivity contribution in [3.8, 4) is 0 Å². The number of aryl methyl sites for hydroxylation is 1. The molecule has 2 aliphatic rings. The molecule has 23 heavy (non-hydrogen) atoms. The van der Waals surface area contributed by atoms with Crippen LogP contribution in [0, 0.1) is 6.92 Å². The van der Waals surface area contributed by atoms with E-state index in [4.69, 9.17) is 4.99 Å². The van der Waals surface area contributed by atoms with Crippen LogP contribution in [-0.2, 0) is 13.6 Å². The van der Waals surface area contributed by atoms with Gasteiger partial charge < -0.3 is 15.2 Å². The van der Waals surface area contributed by atoms with Gasteiger partial charge >= 0.3 is 0 Å². The summed E-state index contributed by atoms with van der Waals surface area (Å²) in [7, 11) is 1.99. The minimum Gasteiger partial charge on any atom is -0.354 e. The van der Waals surface area contributed by atoms with Gasteiger partial charge in [-0.3, -0.25) is 0 Å². The van der Waals surface area contributed by atoms with Crippen LogP contribution < -0.4 is 10.6 Å². The molecule has 2 N–H and O–H groups in total. The average Bonchev–Trinajstić information content (AvgIpc) is 3.32. The van der Waals surface area contributed by atoms with Crippen molar-refractivity contribution in [3.63, 3.8) is 0 Å². The van der Waals surface area contributed by atoms with Crippen LogP contribution in [0.25, 0.3) is 0 Å². The van der Waals surface area contributed by atoms with Crippen molar-refractivity contribution in [2.45, 2.75) is 69.3 Å². The van der Waals surface area contributed by atoms with E-state index in [1.807, 2.05) is 30.3 Å². The molecule has 7 heteroatoms. The Kier molecular flexibility index (Phi) is 5.46. The fraction of sp³-hybridized carbons (Fsp3) is 0.812. The second-order valence-corrected chi connectivity index (χ2v) is 7.81. The Labute approximate surface area is 142 Å². The number of rotatable bonds is 5. The highest BCUT2D eigenvalue weighted by molar-refractivity contribution is 7.99. The quantitative estimate of drug-likeness (QED) is 0.636. The summed E-state index contributed by atoms with van der Waals surface area (Å²) < 4.78 is 2.00. The number of thioether (sulfide) groups is 1. The highest BCUT2D eigenvalue weighted by atomic mass is 32.2. The molecule has 1 aromatic heterocycles. The molecular weight excluding hydrogens is 308 g/mol. The third-order valence-electron chi connectivity index (χ3n) is 4.78. The van der Waals surface area contributed by atoms with Crippen molar-refractivity contribution in [3.05, 3.63) is 11.6 Å². The molecule has 2 saturated carbocycles. The number of hydrogen-bond acceptors (Lipinski definition) is 4. The lowest BCUT2D eigenvalue weighted by Gasteiger charge is -2.30. The van der Waals surface area contributed by atoms with E-state index in [1.54, 1.807) is 0 Å². The van der Waals surface area contributed by atoms with E-state index in [9.17, 15) is 0 Å². The zero-order valence-electron chi connectivity index (χ0n) is 14.4. The zero-order chi connectivity index (χ0) is 16.2. The molecular formula is C16H28N6S. The molecule has 6 nitrogen and oxygen atoms in total. The highest BCUT2D eigenvalue weighted by Crippen LogP contribution is 2.27. The Bertz CT molecular complexity index is 551. The molecule has 1 aromatic rings. The van der Waals surface area contributed by atoms with Gasteiger partial charge in [-0.2, -0.15) is 11.8 Å². The largest absolute Gasteiger partial charge is 0.354 e. The van der Waals surface area contributed by atoms with E-state index in [0.29, 0.717) is 18.6 Å². The van der Waals surface area contributed by atoms with Crippen molar-refractivity contribution in [1.82, 2.24) is 25.4 Å². The summed E-state index contributed by atoms with van der Waals surface area (Å²) in [6.45, 7) is 2.53. The Morgan fingerprint density at radius 3 is 2.65 bits per heavy atom. The molecule has 0 amide bonds. The van der Waals surface area contributed by atoms with E-state index in [-0.39, 0.29) is 0 Å². The summed E-state index contributed by atoms with van der Waals surface area (Å²) in [6, 6.07) is 1.13. The van der Waals surface area contributed by atoms with E-state index < -0.39 is 0 Å². The van der Waals surface area contributed by atoms with Crippen LogP contribution in [-0.4, -0.2) is 44.3 Å². The fourth-order valence-corrected chi connectivity index (χ4v) is 3.80. The van der Waals surface area contributed by atoms with Gasteiger partial charge in [0.05, 0.1) is 0 Å². The van der Waals surface area contributed by atoms with Gasteiger partial charge in [0.25, 0.3) is 0 Å². The summed E-state index contributed by atoms with van der Waals surface area (Å²) >= 11 is 2.00. The molecule has 0 bridgehead atoms. The zero-order valence-corrected chi connectivity index (χ0v) is 15.2. The van der Waals surface area contributed by atoms with E-state index >= 15 is 0 Å². The number of hydrogen-bond donors (Lipinski definition) is 2. The molecule has 0 aliphatic heterocycles. The highest BCUT2D eigenvalue weighted by Gasteiger charge is 2.26. The fourth-order valence-electron chi connectivity index (χ4n) is 2.98. The summed E-state index contributed by atoms with van der Waals surface area (Å²) in [5.41, 5.74) is 0. The lowest BCUT2D eigenvalue weighted by Crippen LogP contribution is -2.46. The van der Waals surface area contributed by atoms with Gasteiger partial charge in [-0.05, 0) is 45.3 Å². The van der Waals surface area contributed by atoms with Crippen LogP contribution in [0.2, 0.25) is 0 Å². The molecule has 1 heterocycles. The molecule has 0 radical (unpaired) electrons. The van der Waals surface area contributed by atoms with Crippen LogP contribution in [0.3, 0.4) is 0 Å². The maximum absolute atomic E-state index is 4.76. The maximum Gasteiger partial charge on any atom is 0.192 e. The van der Waals surface area contributed by atoms with Gasteiger partial charge in [0.1, 0.15) is 12.4 Å². The number of guanidine groups is 1. The van der Waals surface area contributed by atoms with Gasteiger partial charge in [0.15, 0.2) is 11.8 Å². The summed E-state index contributed by atoms with van der Waals surface area (Å²) in [6.07, 6.45) is 9.86. The first-order valence-corrected chi connectivity index (χ1v) is 9.89. The van der Waals surface area contributed by atoms with Crippen LogP contribution in [0.1, 0.15) is 50.2 Å². The molecule has 3 rings (SSSR count). The molecule has 2 unspecified atom stereocenters. The van der Waals surface area contributed by atoms with Gasteiger partial charge in [0.2, 0.25) is 0 Å². The standard InChI is InChI=1S/C16H28N6S/c1-11-20-21-15(22(11)2)10-17-16(18-12-7-8-12)19-13-5-4-6-14(9-13)23-3/h12-14H,4-10H2,1-3H3,(H2,17,18,19). The Balaban J connectivity index is 1.62. The van der Waals surface area contributed by atoms with Crippen molar-refractivity contribution in [2.75, 3.05) is 6.26 Å². The monoisotopic (exact) mass is 336 g/mol. The number of nitrogens with one attached hydrogen (secondary N) is 2. The Morgan fingerprint density at radius 1 is 1.22 bits per heavy atom. The lowest BCUT2D eigenvalue weighted by atomic mass is 9.95. The van der Waals surface area contributed by atoms with Gasteiger partial charge in [0, 0.05) is 24.4 Å². The summed E-state index contributed by atoms with van der Waals surface area (Å²) in [5, 5.41) is 16.3. The van der Waals surface area contributed by atoms with Crippen LogP contribution >= 0.6 is 11.8 Å². The first-order valence-electron chi connectivity index (χ1n) is 8.61. The smallest absolute Gasteiger partial charge is 0.192 e. The Hall–Kier alpha value is -1.24. The number of aliphatic imine (C=N–C) groups is 1. The first kappa shape index (κ1) is 16.6. The van der Waals surface area contributed by atoms with Crippen molar-refractivity contribution >= 4 is 17.7 Å². The predicted octanol–water partition coefficient (Wildman–Crippen LogP) is 2.00. The second-order valence-electron chi connectivity index (χ2n) is 6.67. The maximum atomic E-state index is 4.76. The predicted molar refractivity (Wildman–Crippen MR) is 95.7 cm³/mol. The molecule has 128 valence electrons. The molecule has 2 aliphatic carbocycles. The first-order chi connectivity index (χ1) is 11.2.